The molecule has 1 aliphatic rings. The fraction of sp³-hybridized carbons (Fsp3) is 0.500. The number of benzene rings is 1. The smallest absolute Gasteiger partial charge is 0.133 e. The van der Waals surface area contributed by atoms with Gasteiger partial charge in [-0.2, -0.15) is 0 Å². The first kappa shape index (κ1) is 15.2. The molecule has 2 rings (SSSR count). The van der Waals surface area contributed by atoms with Crippen LogP contribution in [0.15, 0.2) is 42.0 Å². The van der Waals surface area contributed by atoms with E-state index in [0.717, 1.165) is 12.8 Å². The van der Waals surface area contributed by atoms with Crippen LogP contribution in [0.25, 0.3) is 0 Å². The number of allylic oxidation sites excluding steroid dienone is 2. The Balaban J connectivity index is 2.30. The van der Waals surface area contributed by atoms with Gasteiger partial charge in [-0.1, -0.05) is 61.6 Å². The topological polar surface area (TPSA) is 17.1 Å². The van der Waals surface area contributed by atoms with Crippen molar-refractivity contribution in [1.29, 1.82) is 0 Å². The number of carbonyl (C=O) groups excluding carboxylic acids is 1. The lowest BCUT2D eigenvalue weighted by atomic mass is 9.75. The Morgan fingerprint density at radius 3 is 2.40 bits per heavy atom. The second kappa shape index (κ2) is 6.09. The Morgan fingerprint density at radius 2 is 1.85 bits per heavy atom. The summed E-state index contributed by atoms with van der Waals surface area (Å²) in [5, 5.41) is 0. The molecule has 0 heterocycles. The van der Waals surface area contributed by atoms with E-state index in [1.54, 1.807) is 12.5 Å². The lowest BCUT2D eigenvalue weighted by Gasteiger charge is -2.31. The van der Waals surface area contributed by atoms with Gasteiger partial charge >= 0.3 is 0 Å². The highest BCUT2D eigenvalue weighted by atomic mass is 28.3. The molecular formula is C18H26OSi. The largest absolute Gasteiger partial charge is 0.300 e. The van der Waals surface area contributed by atoms with Gasteiger partial charge < -0.3 is 0 Å². The summed E-state index contributed by atoms with van der Waals surface area (Å²) in [5.41, 5.74) is 2.87. The maximum atomic E-state index is 12.0. The van der Waals surface area contributed by atoms with Gasteiger partial charge in [0.2, 0.25) is 0 Å². The van der Waals surface area contributed by atoms with E-state index in [-0.39, 0.29) is 11.8 Å². The summed E-state index contributed by atoms with van der Waals surface area (Å²) in [6.45, 7) is 9.01. The monoisotopic (exact) mass is 286 g/mol. The first-order chi connectivity index (χ1) is 9.37. The molecule has 1 aromatic rings. The molecule has 0 aromatic heterocycles. The van der Waals surface area contributed by atoms with E-state index in [0.29, 0.717) is 5.78 Å². The van der Waals surface area contributed by atoms with Crippen molar-refractivity contribution in [2.45, 2.75) is 51.4 Å². The molecule has 0 spiro atoms. The molecule has 0 saturated carbocycles. The van der Waals surface area contributed by atoms with Crippen LogP contribution < -0.4 is 0 Å². The molecule has 0 aliphatic heterocycles. The highest BCUT2D eigenvalue weighted by molar-refractivity contribution is 6.76. The molecule has 0 unspecified atom stereocenters. The molecule has 20 heavy (non-hydrogen) atoms. The van der Waals surface area contributed by atoms with E-state index < -0.39 is 8.07 Å². The van der Waals surface area contributed by atoms with E-state index >= 15 is 0 Å². The molecule has 2 atom stereocenters. The van der Waals surface area contributed by atoms with Crippen LogP contribution in [-0.2, 0) is 4.79 Å². The Hall–Kier alpha value is -1.15. The summed E-state index contributed by atoms with van der Waals surface area (Å²) in [7, 11) is -1.08. The summed E-state index contributed by atoms with van der Waals surface area (Å²) >= 11 is 0. The number of hydrogen-bond donors (Lipinski definition) is 0. The van der Waals surface area contributed by atoms with Crippen molar-refractivity contribution in [3.8, 4) is 0 Å². The second-order valence-electron chi connectivity index (χ2n) is 7.25. The maximum absolute atomic E-state index is 12.0. The molecule has 1 nitrogen and oxygen atoms in total. The zero-order chi connectivity index (χ0) is 14.8. The van der Waals surface area contributed by atoms with Gasteiger partial charge in [0.05, 0.1) is 0 Å². The van der Waals surface area contributed by atoms with Gasteiger partial charge in [-0.3, -0.25) is 4.79 Å². The fourth-order valence-corrected chi connectivity index (χ4v) is 4.92. The van der Waals surface area contributed by atoms with Crippen molar-refractivity contribution in [3.05, 3.63) is 47.5 Å². The molecule has 2 heteroatoms. The molecule has 1 aliphatic carbocycles. The van der Waals surface area contributed by atoms with Crippen molar-refractivity contribution in [1.82, 2.24) is 0 Å². The van der Waals surface area contributed by atoms with Gasteiger partial charge in [-0.15, -0.1) is 0 Å². The second-order valence-corrected chi connectivity index (χ2v) is 12.7. The zero-order valence-corrected chi connectivity index (χ0v) is 14.1. The molecule has 0 amide bonds. The minimum absolute atomic E-state index is 0.169. The SMILES string of the molecule is CC(=O)[C@@H]1CCC(C[Si](C)(C)C)=C[C@H]1c1ccccc1. The maximum Gasteiger partial charge on any atom is 0.133 e. The van der Waals surface area contributed by atoms with E-state index in [4.69, 9.17) is 0 Å². The third kappa shape index (κ3) is 3.92. The van der Waals surface area contributed by atoms with Crippen molar-refractivity contribution in [2.75, 3.05) is 0 Å². The number of hydrogen-bond acceptors (Lipinski definition) is 1. The van der Waals surface area contributed by atoms with E-state index in [2.05, 4.69) is 50.0 Å². The standard InChI is InChI=1S/C18H26OSi/c1-14(19)17-11-10-15(13-20(2,3)4)12-18(17)16-8-6-5-7-9-16/h5-9,12,17-18H,10-11,13H2,1-4H3/t17-,18-/m0/s1. The van der Waals surface area contributed by atoms with Crippen molar-refractivity contribution in [2.24, 2.45) is 5.92 Å². The van der Waals surface area contributed by atoms with Gasteiger partial charge in [-0.05, 0) is 31.4 Å². The fourth-order valence-electron chi connectivity index (χ4n) is 3.26. The van der Waals surface area contributed by atoms with Crippen LogP contribution in [0.1, 0.15) is 31.2 Å². The number of ketones is 1. The molecule has 0 fully saturated rings. The highest BCUT2D eigenvalue weighted by Crippen LogP contribution is 2.39. The predicted molar refractivity (Wildman–Crippen MR) is 88.8 cm³/mol. The molecule has 0 saturated heterocycles. The molecule has 0 N–H and O–H groups in total. The molecular weight excluding hydrogens is 260 g/mol. The highest BCUT2D eigenvalue weighted by Gasteiger charge is 2.30. The lowest BCUT2D eigenvalue weighted by Crippen LogP contribution is -2.26. The number of rotatable bonds is 4. The molecule has 0 bridgehead atoms. The minimum Gasteiger partial charge on any atom is -0.300 e. The normalized spacial score (nSPS) is 23.3. The Morgan fingerprint density at radius 1 is 1.20 bits per heavy atom. The van der Waals surface area contributed by atoms with Crippen LogP contribution in [0.5, 0.6) is 0 Å². The van der Waals surface area contributed by atoms with Gasteiger partial charge in [0.25, 0.3) is 0 Å². The summed E-state index contributed by atoms with van der Waals surface area (Å²) in [6.07, 6.45) is 4.53. The molecule has 108 valence electrons. The van der Waals surface area contributed by atoms with Gasteiger partial charge in [0.15, 0.2) is 0 Å². The third-order valence-electron chi connectivity index (χ3n) is 4.09. The van der Waals surface area contributed by atoms with Gasteiger partial charge in [0.1, 0.15) is 5.78 Å². The Kier molecular flexibility index (Phi) is 4.64. The van der Waals surface area contributed by atoms with E-state index in [1.807, 2.05) is 6.07 Å². The van der Waals surface area contributed by atoms with Gasteiger partial charge in [0, 0.05) is 19.9 Å². The van der Waals surface area contributed by atoms with Gasteiger partial charge in [-0.25, -0.2) is 0 Å². The average Bonchev–Trinajstić information content (AvgIpc) is 2.37. The average molecular weight is 286 g/mol. The quantitative estimate of drug-likeness (QED) is 0.560. The van der Waals surface area contributed by atoms with Crippen LogP contribution in [0, 0.1) is 5.92 Å². The lowest BCUT2D eigenvalue weighted by molar-refractivity contribution is -0.121. The summed E-state index contributed by atoms with van der Waals surface area (Å²) in [6, 6.07) is 11.8. The van der Waals surface area contributed by atoms with Crippen LogP contribution in [0.3, 0.4) is 0 Å². The van der Waals surface area contributed by atoms with Crippen LogP contribution in [0.4, 0.5) is 0 Å². The Bertz CT molecular complexity index is 496. The predicted octanol–water partition coefficient (Wildman–Crippen LogP) is 5.03. The summed E-state index contributed by atoms with van der Waals surface area (Å²) in [5.74, 6) is 0.791. The summed E-state index contributed by atoms with van der Waals surface area (Å²) < 4.78 is 0. The van der Waals surface area contributed by atoms with E-state index in [1.165, 1.54) is 11.6 Å². The zero-order valence-electron chi connectivity index (χ0n) is 13.1. The first-order valence-electron chi connectivity index (χ1n) is 7.62. The molecule has 1 aromatic carbocycles. The number of Topliss-reactive ketones (excluding diaryl/α,β-unsaturated/α-hetero) is 1. The van der Waals surface area contributed by atoms with Crippen LogP contribution >= 0.6 is 0 Å². The minimum atomic E-state index is -1.08. The van der Waals surface area contributed by atoms with Crippen molar-refractivity contribution >= 4 is 13.9 Å². The van der Waals surface area contributed by atoms with E-state index in [9.17, 15) is 4.79 Å². The van der Waals surface area contributed by atoms with Crippen molar-refractivity contribution < 1.29 is 4.79 Å². The van der Waals surface area contributed by atoms with Crippen LogP contribution in [-0.4, -0.2) is 13.9 Å². The third-order valence-corrected chi connectivity index (χ3v) is 5.60. The Labute approximate surface area is 124 Å². The number of carbonyl (C=O) groups is 1. The first-order valence-corrected chi connectivity index (χ1v) is 11.3. The summed E-state index contributed by atoms with van der Waals surface area (Å²) in [4.78, 5) is 12.0. The van der Waals surface area contributed by atoms with Crippen molar-refractivity contribution in [3.63, 3.8) is 0 Å². The molecule has 0 radical (unpaired) electrons. The van der Waals surface area contributed by atoms with Crippen LogP contribution in [0.2, 0.25) is 25.7 Å².